The summed E-state index contributed by atoms with van der Waals surface area (Å²) >= 11 is 1.50. The van der Waals surface area contributed by atoms with E-state index in [0.717, 1.165) is 34.4 Å². The number of pyridine rings is 1. The minimum atomic E-state index is 0.127. The van der Waals surface area contributed by atoms with Crippen LogP contribution in [0.2, 0.25) is 0 Å². The van der Waals surface area contributed by atoms with Crippen LogP contribution in [0, 0.1) is 0 Å². The minimum Gasteiger partial charge on any atom is -0.359 e. The first-order chi connectivity index (χ1) is 10.8. The highest BCUT2D eigenvalue weighted by Crippen LogP contribution is 2.28. The second-order valence-electron chi connectivity index (χ2n) is 5.31. The largest absolute Gasteiger partial charge is 0.359 e. The zero-order valence-corrected chi connectivity index (χ0v) is 12.8. The molecule has 0 spiro atoms. The Morgan fingerprint density at radius 2 is 2.27 bits per heavy atom. The molecular formula is C17H15N3OS. The number of rotatable bonds is 2. The van der Waals surface area contributed by atoms with Crippen molar-refractivity contribution in [3.8, 4) is 0 Å². The zero-order chi connectivity index (χ0) is 14.9. The summed E-state index contributed by atoms with van der Waals surface area (Å²) in [7, 11) is 0. The Hall–Kier alpha value is -2.40. The van der Waals surface area contributed by atoms with E-state index in [1.54, 1.807) is 0 Å². The number of amides is 1. The van der Waals surface area contributed by atoms with Gasteiger partial charge < -0.3 is 9.88 Å². The highest BCUT2D eigenvalue weighted by atomic mass is 32.1. The van der Waals surface area contributed by atoms with Gasteiger partial charge in [0.25, 0.3) is 5.91 Å². The van der Waals surface area contributed by atoms with E-state index in [1.165, 1.54) is 16.9 Å². The van der Waals surface area contributed by atoms with Crippen molar-refractivity contribution in [3.63, 3.8) is 0 Å². The zero-order valence-electron chi connectivity index (χ0n) is 12.0. The van der Waals surface area contributed by atoms with Gasteiger partial charge in [-0.05, 0) is 35.6 Å². The molecule has 1 amide bonds. The number of aromatic amines is 1. The van der Waals surface area contributed by atoms with E-state index in [-0.39, 0.29) is 5.91 Å². The molecule has 3 aromatic rings. The number of H-pyrrole nitrogens is 1. The van der Waals surface area contributed by atoms with E-state index in [2.05, 4.69) is 16.0 Å². The normalized spacial score (nSPS) is 15.1. The van der Waals surface area contributed by atoms with Crippen LogP contribution in [0.4, 0.5) is 0 Å². The fourth-order valence-corrected chi connectivity index (χ4v) is 3.54. The predicted molar refractivity (Wildman–Crippen MR) is 88.9 cm³/mol. The number of hydrogen-bond acceptors (Lipinski definition) is 3. The molecule has 0 unspecified atom stereocenters. The molecule has 4 rings (SSSR count). The van der Waals surface area contributed by atoms with Crippen molar-refractivity contribution < 1.29 is 4.79 Å². The summed E-state index contributed by atoms with van der Waals surface area (Å²) in [5, 5.41) is 1.94. The summed E-state index contributed by atoms with van der Waals surface area (Å²) in [6, 6.07) is 7.76. The third kappa shape index (κ3) is 2.23. The topological polar surface area (TPSA) is 49.0 Å². The van der Waals surface area contributed by atoms with Crippen molar-refractivity contribution in [1.29, 1.82) is 0 Å². The van der Waals surface area contributed by atoms with Crippen molar-refractivity contribution in [3.05, 3.63) is 58.6 Å². The maximum absolute atomic E-state index is 12.4. The lowest BCUT2D eigenvalue weighted by molar-refractivity contribution is 0.0777. The van der Waals surface area contributed by atoms with E-state index in [4.69, 9.17) is 0 Å². The lowest BCUT2D eigenvalue weighted by Crippen LogP contribution is -2.34. The number of aromatic nitrogens is 2. The maximum Gasteiger partial charge on any atom is 0.264 e. The van der Waals surface area contributed by atoms with Crippen LogP contribution in [0.5, 0.6) is 0 Å². The molecule has 0 aromatic carbocycles. The molecule has 5 heteroatoms. The van der Waals surface area contributed by atoms with Gasteiger partial charge in [-0.2, -0.15) is 0 Å². The first kappa shape index (κ1) is 13.3. The predicted octanol–water partition coefficient (Wildman–Crippen LogP) is 3.55. The molecule has 0 bridgehead atoms. The van der Waals surface area contributed by atoms with E-state index < -0.39 is 0 Å². The molecule has 0 saturated carbocycles. The van der Waals surface area contributed by atoms with Crippen LogP contribution in [-0.4, -0.2) is 33.9 Å². The maximum atomic E-state index is 12.4. The van der Waals surface area contributed by atoms with E-state index in [1.807, 2.05) is 46.9 Å². The van der Waals surface area contributed by atoms with Crippen molar-refractivity contribution in [2.75, 3.05) is 13.1 Å². The van der Waals surface area contributed by atoms with Crippen molar-refractivity contribution in [2.24, 2.45) is 0 Å². The van der Waals surface area contributed by atoms with E-state index >= 15 is 0 Å². The molecule has 4 nitrogen and oxygen atoms in total. The van der Waals surface area contributed by atoms with Gasteiger partial charge in [0, 0.05) is 31.0 Å². The number of hydrogen-bond donors (Lipinski definition) is 1. The Morgan fingerprint density at radius 1 is 1.32 bits per heavy atom. The van der Waals surface area contributed by atoms with Crippen LogP contribution >= 0.6 is 11.3 Å². The molecule has 110 valence electrons. The molecular weight excluding hydrogens is 294 g/mol. The Kier molecular flexibility index (Phi) is 3.27. The molecule has 0 aliphatic carbocycles. The van der Waals surface area contributed by atoms with Gasteiger partial charge in [-0.1, -0.05) is 12.1 Å². The van der Waals surface area contributed by atoms with Gasteiger partial charge >= 0.3 is 0 Å². The summed E-state index contributed by atoms with van der Waals surface area (Å²) < 4.78 is 0. The Morgan fingerprint density at radius 3 is 3.05 bits per heavy atom. The Balaban J connectivity index is 1.58. The fraction of sp³-hybridized carbons (Fsp3) is 0.176. The molecule has 4 heterocycles. The Labute approximate surface area is 132 Å². The second-order valence-corrected chi connectivity index (χ2v) is 6.26. The lowest BCUT2D eigenvalue weighted by atomic mass is 10.0. The third-order valence-electron chi connectivity index (χ3n) is 4.01. The molecule has 0 saturated heterocycles. The molecule has 0 radical (unpaired) electrons. The average Bonchev–Trinajstić information content (AvgIpc) is 3.24. The SMILES string of the molecule is O=C(c1cccs1)N1CC=C(c2c[nH]c3cccnc23)CC1. The van der Waals surface area contributed by atoms with Crippen LogP contribution in [-0.2, 0) is 0 Å². The van der Waals surface area contributed by atoms with Crippen LogP contribution < -0.4 is 0 Å². The summed E-state index contributed by atoms with van der Waals surface area (Å²) in [6.45, 7) is 1.41. The first-order valence-corrected chi connectivity index (χ1v) is 8.15. The van der Waals surface area contributed by atoms with Gasteiger partial charge in [0.2, 0.25) is 0 Å². The fourth-order valence-electron chi connectivity index (χ4n) is 2.85. The second kappa shape index (κ2) is 5.42. The summed E-state index contributed by atoms with van der Waals surface area (Å²) in [6.07, 6.45) is 6.84. The van der Waals surface area contributed by atoms with Gasteiger partial charge in [-0.15, -0.1) is 11.3 Å². The first-order valence-electron chi connectivity index (χ1n) is 7.27. The standard InChI is InChI=1S/C17H15N3OS/c21-17(15-4-2-10-22-15)20-8-5-12(6-9-20)13-11-19-14-3-1-7-18-16(13)14/h1-5,7,10-11,19H,6,8-9H2. The molecule has 0 fully saturated rings. The number of nitrogens with one attached hydrogen (secondary N) is 1. The number of carbonyl (C=O) groups is 1. The number of carbonyl (C=O) groups excluding carboxylic acids is 1. The minimum absolute atomic E-state index is 0.127. The van der Waals surface area contributed by atoms with Gasteiger partial charge in [0.1, 0.15) is 0 Å². The third-order valence-corrected chi connectivity index (χ3v) is 4.87. The molecule has 0 atom stereocenters. The summed E-state index contributed by atoms with van der Waals surface area (Å²) in [5.74, 6) is 0.127. The molecule has 3 aromatic heterocycles. The molecule has 1 aliphatic heterocycles. The van der Waals surface area contributed by atoms with E-state index in [0.29, 0.717) is 6.54 Å². The van der Waals surface area contributed by atoms with Gasteiger partial charge in [0.05, 0.1) is 15.9 Å². The van der Waals surface area contributed by atoms with E-state index in [9.17, 15) is 4.79 Å². The smallest absolute Gasteiger partial charge is 0.264 e. The number of nitrogens with zero attached hydrogens (tertiary/aromatic N) is 2. The van der Waals surface area contributed by atoms with Crippen LogP contribution in [0.3, 0.4) is 0 Å². The van der Waals surface area contributed by atoms with Crippen LogP contribution in [0.25, 0.3) is 16.6 Å². The van der Waals surface area contributed by atoms with Crippen LogP contribution in [0.1, 0.15) is 21.7 Å². The summed E-state index contributed by atoms with van der Waals surface area (Å²) in [4.78, 5) is 22.8. The van der Waals surface area contributed by atoms with Crippen molar-refractivity contribution in [2.45, 2.75) is 6.42 Å². The molecule has 22 heavy (non-hydrogen) atoms. The molecule has 1 N–H and O–H groups in total. The number of fused-ring (bicyclic) bond motifs is 1. The van der Waals surface area contributed by atoms with Crippen LogP contribution in [0.15, 0.2) is 48.1 Å². The highest BCUT2D eigenvalue weighted by Gasteiger charge is 2.21. The van der Waals surface area contributed by atoms with Gasteiger partial charge in [-0.25, -0.2) is 0 Å². The molecule has 1 aliphatic rings. The highest BCUT2D eigenvalue weighted by molar-refractivity contribution is 7.12. The van der Waals surface area contributed by atoms with Crippen molar-refractivity contribution in [1.82, 2.24) is 14.9 Å². The summed E-state index contributed by atoms with van der Waals surface area (Å²) in [5.41, 5.74) is 4.47. The average molecular weight is 309 g/mol. The quantitative estimate of drug-likeness (QED) is 0.787. The van der Waals surface area contributed by atoms with Gasteiger partial charge in [-0.3, -0.25) is 9.78 Å². The lowest BCUT2D eigenvalue weighted by Gasteiger charge is -2.26. The van der Waals surface area contributed by atoms with Gasteiger partial charge in [0.15, 0.2) is 0 Å². The monoisotopic (exact) mass is 309 g/mol. The Bertz CT molecular complexity index is 848. The number of thiophene rings is 1. The van der Waals surface area contributed by atoms with Crippen molar-refractivity contribution >= 4 is 33.9 Å².